The van der Waals surface area contributed by atoms with E-state index >= 15 is 0 Å². The van der Waals surface area contributed by atoms with Crippen LogP contribution in [-0.4, -0.2) is 45.8 Å². The fourth-order valence-corrected chi connectivity index (χ4v) is 4.24. The lowest BCUT2D eigenvalue weighted by atomic mass is 10.0. The van der Waals surface area contributed by atoms with E-state index in [2.05, 4.69) is 4.98 Å². The number of benzene rings is 1. The van der Waals surface area contributed by atoms with Crippen LogP contribution in [0.2, 0.25) is 5.02 Å². The number of nitrogens with zero attached hydrogens (tertiary/aromatic N) is 3. The van der Waals surface area contributed by atoms with Gasteiger partial charge in [-0.15, -0.1) is 0 Å². The lowest BCUT2D eigenvalue weighted by Gasteiger charge is -2.23. The van der Waals surface area contributed by atoms with E-state index in [1.165, 1.54) is 12.0 Å². The third kappa shape index (κ3) is 4.98. The molecule has 0 spiro atoms. The van der Waals surface area contributed by atoms with Crippen LogP contribution in [0, 0.1) is 13.8 Å². The molecule has 1 amide bonds. The van der Waals surface area contributed by atoms with Crippen molar-refractivity contribution in [2.24, 2.45) is 0 Å². The highest BCUT2D eigenvalue weighted by Gasteiger charge is 2.29. The van der Waals surface area contributed by atoms with E-state index in [4.69, 9.17) is 16.3 Å². The summed E-state index contributed by atoms with van der Waals surface area (Å²) in [4.78, 5) is 44.7. The number of aromatic nitrogens is 2. The minimum Gasteiger partial charge on any atom is -0.464 e. The fourth-order valence-electron chi connectivity index (χ4n) is 4.03. The predicted molar refractivity (Wildman–Crippen MR) is 126 cm³/mol. The second-order valence-electron chi connectivity index (χ2n) is 7.59. The van der Waals surface area contributed by atoms with Crippen LogP contribution in [0.5, 0.6) is 0 Å². The monoisotopic (exact) mass is 467 g/mol. The summed E-state index contributed by atoms with van der Waals surface area (Å²) < 4.78 is 6.68. The maximum atomic E-state index is 13.5. The molecule has 3 rings (SSSR count). The number of pyridine rings is 1. The molecule has 0 unspecified atom stereocenters. The van der Waals surface area contributed by atoms with Crippen molar-refractivity contribution in [1.29, 1.82) is 0 Å². The summed E-state index contributed by atoms with van der Waals surface area (Å²) in [6.07, 6.45) is 3.27. The van der Waals surface area contributed by atoms with Gasteiger partial charge in [-0.05, 0) is 56.2 Å². The lowest BCUT2D eigenvalue weighted by Crippen LogP contribution is -2.35. The zero-order chi connectivity index (χ0) is 24.1. The highest BCUT2D eigenvalue weighted by molar-refractivity contribution is 6.33. The van der Waals surface area contributed by atoms with E-state index in [1.807, 2.05) is 6.92 Å². The summed E-state index contributed by atoms with van der Waals surface area (Å²) >= 11 is 6.27. The molecule has 0 saturated heterocycles. The average Bonchev–Trinajstić information content (AvgIpc) is 3.07. The van der Waals surface area contributed by atoms with Crippen molar-refractivity contribution in [2.45, 2.75) is 33.9 Å². The van der Waals surface area contributed by atoms with E-state index < -0.39 is 5.97 Å². The highest BCUT2D eigenvalue weighted by Crippen LogP contribution is 2.25. The van der Waals surface area contributed by atoms with Crippen LogP contribution in [0.1, 0.15) is 54.9 Å². The molecule has 0 atom stereocenters. The number of carbonyl (C=O) groups is 3. The van der Waals surface area contributed by atoms with Gasteiger partial charge < -0.3 is 14.2 Å². The number of ether oxygens (including phenoxy) is 1. The summed E-state index contributed by atoms with van der Waals surface area (Å²) in [6.45, 7) is 5.94. The average molecular weight is 468 g/mol. The number of esters is 1. The molecule has 7 nitrogen and oxygen atoms in total. The molecule has 2 heterocycles. The van der Waals surface area contributed by atoms with E-state index in [0.717, 1.165) is 5.56 Å². The summed E-state index contributed by atoms with van der Waals surface area (Å²) in [6, 6.07) is 10.3. The van der Waals surface area contributed by atoms with Crippen molar-refractivity contribution in [3.05, 3.63) is 87.5 Å². The van der Waals surface area contributed by atoms with Gasteiger partial charge in [0.15, 0.2) is 5.78 Å². The number of Topliss-reactive ketones (excluding diaryl/α,β-unsaturated/α-hetero) is 1. The van der Waals surface area contributed by atoms with Crippen LogP contribution >= 0.6 is 11.6 Å². The van der Waals surface area contributed by atoms with Crippen molar-refractivity contribution < 1.29 is 19.1 Å². The summed E-state index contributed by atoms with van der Waals surface area (Å²) in [7, 11) is 1.31. The van der Waals surface area contributed by atoms with Crippen molar-refractivity contribution >= 4 is 29.3 Å². The molecule has 8 heteroatoms. The molecule has 0 radical (unpaired) electrons. The molecule has 0 aliphatic rings. The van der Waals surface area contributed by atoms with Gasteiger partial charge >= 0.3 is 5.97 Å². The first-order valence-corrected chi connectivity index (χ1v) is 10.9. The fraction of sp³-hybridized carbons (Fsp3) is 0.280. The highest BCUT2D eigenvalue weighted by atomic mass is 35.5. The number of halogens is 1. The number of ketones is 1. The Kier molecular flexibility index (Phi) is 7.66. The number of amides is 1. The standard InChI is InChI=1S/C25H26ClN3O4/c1-5-29-17(3)22(16(2)23(29)25(32)33-4)21(30)15-28(14-18-10-12-27-13-11-18)24(31)19-8-6-7-9-20(19)26/h6-13H,5,14-15H2,1-4H3. The number of methoxy groups -OCH3 is 1. The number of rotatable bonds is 8. The van der Waals surface area contributed by atoms with Gasteiger partial charge in [-0.3, -0.25) is 14.6 Å². The topological polar surface area (TPSA) is 81.5 Å². The Morgan fingerprint density at radius 3 is 2.36 bits per heavy atom. The van der Waals surface area contributed by atoms with E-state index in [-0.39, 0.29) is 24.8 Å². The smallest absolute Gasteiger partial charge is 0.354 e. The molecule has 0 saturated carbocycles. The SMILES string of the molecule is CCn1c(C)c(C(=O)CN(Cc2ccncc2)C(=O)c2ccccc2Cl)c(C)c1C(=O)OC. The molecule has 33 heavy (non-hydrogen) atoms. The second kappa shape index (κ2) is 10.4. The van der Waals surface area contributed by atoms with Crippen LogP contribution in [0.4, 0.5) is 0 Å². The van der Waals surface area contributed by atoms with Gasteiger partial charge in [0.05, 0.1) is 24.2 Å². The molecule has 2 aromatic heterocycles. The van der Waals surface area contributed by atoms with Gasteiger partial charge in [-0.25, -0.2) is 4.79 Å². The maximum Gasteiger partial charge on any atom is 0.354 e. The van der Waals surface area contributed by atoms with Gasteiger partial charge in [-0.2, -0.15) is 0 Å². The molecular formula is C25H26ClN3O4. The first-order valence-electron chi connectivity index (χ1n) is 10.5. The third-order valence-electron chi connectivity index (χ3n) is 5.59. The Balaban J connectivity index is 2.00. The Labute approximate surface area is 197 Å². The summed E-state index contributed by atoms with van der Waals surface area (Å²) in [5.74, 6) is -1.13. The van der Waals surface area contributed by atoms with Crippen LogP contribution < -0.4 is 0 Å². The quantitative estimate of drug-likeness (QED) is 0.360. The lowest BCUT2D eigenvalue weighted by molar-refractivity contribution is 0.0587. The van der Waals surface area contributed by atoms with Crippen LogP contribution in [-0.2, 0) is 17.8 Å². The van der Waals surface area contributed by atoms with Crippen molar-refractivity contribution in [3.8, 4) is 0 Å². The second-order valence-corrected chi connectivity index (χ2v) is 8.00. The van der Waals surface area contributed by atoms with E-state index in [1.54, 1.807) is 67.2 Å². The molecule has 0 bridgehead atoms. The van der Waals surface area contributed by atoms with Crippen LogP contribution in [0.25, 0.3) is 0 Å². The largest absolute Gasteiger partial charge is 0.464 e. The van der Waals surface area contributed by atoms with Crippen molar-refractivity contribution in [2.75, 3.05) is 13.7 Å². The molecule has 0 aliphatic heterocycles. The van der Waals surface area contributed by atoms with E-state index in [9.17, 15) is 14.4 Å². The molecule has 0 fully saturated rings. The molecule has 3 aromatic rings. The van der Waals surface area contributed by atoms with Crippen LogP contribution in [0.15, 0.2) is 48.8 Å². The molecule has 0 N–H and O–H groups in total. The minimum absolute atomic E-state index is 0.178. The summed E-state index contributed by atoms with van der Waals surface area (Å²) in [5.41, 5.74) is 3.11. The Hall–Kier alpha value is -3.45. The Bertz CT molecular complexity index is 1190. The molecule has 172 valence electrons. The molecular weight excluding hydrogens is 442 g/mol. The van der Waals surface area contributed by atoms with Gasteiger partial charge in [0.2, 0.25) is 0 Å². The van der Waals surface area contributed by atoms with Crippen molar-refractivity contribution in [3.63, 3.8) is 0 Å². The first-order chi connectivity index (χ1) is 15.8. The Morgan fingerprint density at radius 1 is 1.09 bits per heavy atom. The van der Waals surface area contributed by atoms with Gasteiger partial charge in [0.1, 0.15) is 5.69 Å². The van der Waals surface area contributed by atoms with Gasteiger partial charge in [-0.1, -0.05) is 23.7 Å². The van der Waals surface area contributed by atoms with Crippen molar-refractivity contribution in [1.82, 2.24) is 14.5 Å². The van der Waals surface area contributed by atoms with Gasteiger partial charge in [0.25, 0.3) is 5.91 Å². The number of carbonyl (C=O) groups excluding carboxylic acids is 3. The normalized spacial score (nSPS) is 10.7. The maximum absolute atomic E-state index is 13.5. The number of hydrogen-bond donors (Lipinski definition) is 0. The first kappa shape index (κ1) is 24.2. The minimum atomic E-state index is -0.503. The molecule has 1 aromatic carbocycles. The molecule has 0 aliphatic carbocycles. The predicted octanol–water partition coefficient (Wildman–Crippen LogP) is 4.49. The van der Waals surface area contributed by atoms with Crippen LogP contribution in [0.3, 0.4) is 0 Å². The zero-order valence-corrected chi connectivity index (χ0v) is 19.8. The Morgan fingerprint density at radius 2 is 1.76 bits per heavy atom. The summed E-state index contributed by atoms with van der Waals surface area (Å²) in [5, 5.41) is 0.312. The number of hydrogen-bond acceptors (Lipinski definition) is 5. The van der Waals surface area contributed by atoms with E-state index in [0.29, 0.717) is 39.6 Å². The van der Waals surface area contributed by atoms with Gasteiger partial charge in [0, 0.05) is 36.7 Å². The third-order valence-corrected chi connectivity index (χ3v) is 5.92. The zero-order valence-electron chi connectivity index (χ0n) is 19.1.